The van der Waals surface area contributed by atoms with Crippen LogP contribution in [-0.2, 0) is 17.9 Å². The largest absolute Gasteiger partial charge is 0.352 e. The molecule has 0 spiro atoms. The number of aromatic nitrogens is 3. The van der Waals surface area contributed by atoms with Gasteiger partial charge in [-0.2, -0.15) is 0 Å². The maximum atomic E-state index is 12.9. The van der Waals surface area contributed by atoms with Gasteiger partial charge in [0.2, 0.25) is 5.91 Å². The molecule has 1 saturated heterocycles. The molecule has 156 valence electrons. The number of nitrogens with zero attached hydrogens (tertiary/aromatic N) is 4. The highest BCUT2D eigenvalue weighted by Crippen LogP contribution is 2.21. The van der Waals surface area contributed by atoms with Gasteiger partial charge in [-0.15, -0.1) is 5.10 Å². The molecule has 0 bridgehead atoms. The molecule has 3 aromatic rings. The standard InChI is InChI=1S/C22H24ClN5O2/c1-2-28-20-8-5-17(13-19(20)25-26-28)22(30)27-11-9-16(10-12-27)21(29)24-14-15-3-6-18(23)7-4-15/h3-8,13,16H,2,9-12,14H2,1H3,(H,24,29). The summed E-state index contributed by atoms with van der Waals surface area (Å²) in [4.78, 5) is 27.2. The third-order valence-electron chi connectivity index (χ3n) is 5.59. The van der Waals surface area contributed by atoms with Gasteiger partial charge in [-0.05, 0) is 55.7 Å². The van der Waals surface area contributed by atoms with Crippen LogP contribution in [0.25, 0.3) is 11.0 Å². The molecule has 1 fully saturated rings. The van der Waals surface area contributed by atoms with Crippen molar-refractivity contribution < 1.29 is 9.59 Å². The van der Waals surface area contributed by atoms with Crippen LogP contribution in [0.2, 0.25) is 5.02 Å². The summed E-state index contributed by atoms with van der Waals surface area (Å²) in [7, 11) is 0. The number of piperidine rings is 1. The van der Waals surface area contributed by atoms with Crippen LogP contribution in [0.5, 0.6) is 0 Å². The second-order valence-electron chi connectivity index (χ2n) is 7.52. The lowest BCUT2D eigenvalue weighted by Gasteiger charge is -2.31. The van der Waals surface area contributed by atoms with Gasteiger partial charge in [0.15, 0.2) is 0 Å². The van der Waals surface area contributed by atoms with E-state index in [1.54, 1.807) is 10.7 Å². The van der Waals surface area contributed by atoms with Crippen molar-refractivity contribution in [3.8, 4) is 0 Å². The Bertz CT molecular complexity index is 1060. The maximum absolute atomic E-state index is 12.9. The molecule has 1 aliphatic rings. The number of aryl methyl sites for hydroxylation is 1. The molecule has 2 heterocycles. The van der Waals surface area contributed by atoms with Gasteiger partial charge in [0.25, 0.3) is 5.91 Å². The van der Waals surface area contributed by atoms with Crippen molar-refractivity contribution in [2.45, 2.75) is 32.9 Å². The average Bonchev–Trinajstić information content (AvgIpc) is 3.20. The van der Waals surface area contributed by atoms with E-state index in [4.69, 9.17) is 11.6 Å². The molecule has 2 amide bonds. The average molecular weight is 426 g/mol. The fraction of sp³-hybridized carbons (Fsp3) is 0.364. The summed E-state index contributed by atoms with van der Waals surface area (Å²) in [6.45, 7) is 4.35. The highest BCUT2D eigenvalue weighted by atomic mass is 35.5. The first-order valence-electron chi connectivity index (χ1n) is 10.2. The number of fused-ring (bicyclic) bond motifs is 1. The third kappa shape index (κ3) is 4.31. The minimum atomic E-state index is -0.0757. The Morgan fingerprint density at radius 3 is 2.57 bits per heavy atom. The Morgan fingerprint density at radius 2 is 1.87 bits per heavy atom. The number of hydrogen-bond donors (Lipinski definition) is 1. The van der Waals surface area contributed by atoms with Crippen molar-refractivity contribution in [2.24, 2.45) is 5.92 Å². The van der Waals surface area contributed by atoms with Gasteiger partial charge >= 0.3 is 0 Å². The van der Waals surface area contributed by atoms with E-state index >= 15 is 0 Å². The summed E-state index contributed by atoms with van der Waals surface area (Å²) < 4.78 is 1.80. The lowest BCUT2D eigenvalue weighted by molar-refractivity contribution is -0.126. The normalized spacial score (nSPS) is 14.8. The highest BCUT2D eigenvalue weighted by molar-refractivity contribution is 6.30. The topological polar surface area (TPSA) is 80.1 Å². The first kappa shape index (κ1) is 20.3. The molecule has 7 nitrogen and oxygen atoms in total. The van der Waals surface area contributed by atoms with Crippen molar-refractivity contribution in [2.75, 3.05) is 13.1 Å². The van der Waals surface area contributed by atoms with Crippen LogP contribution in [0.1, 0.15) is 35.7 Å². The van der Waals surface area contributed by atoms with E-state index in [1.807, 2.05) is 48.2 Å². The lowest BCUT2D eigenvalue weighted by atomic mass is 9.95. The number of carbonyl (C=O) groups is 2. The number of amides is 2. The first-order chi connectivity index (χ1) is 14.5. The molecule has 30 heavy (non-hydrogen) atoms. The minimum absolute atomic E-state index is 0.0250. The van der Waals surface area contributed by atoms with E-state index in [2.05, 4.69) is 15.6 Å². The number of halogens is 1. The van der Waals surface area contributed by atoms with Crippen LogP contribution in [0, 0.1) is 5.92 Å². The number of rotatable bonds is 5. The highest BCUT2D eigenvalue weighted by Gasteiger charge is 2.28. The van der Waals surface area contributed by atoms with Gasteiger partial charge in [-0.1, -0.05) is 28.9 Å². The predicted molar refractivity (Wildman–Crippen MR) is 115 cm³/mol. The van der Waals surface area contributed by atoms with Crippen LogP contribution in [0.15, 0.2) is 42.5 Å². The molecule has 0 atom stereocenters. The molecule has 8 heteroatoms. The molecule has 0 aliphatic carbocycles. The molecular weight excluding hydrogens is 402 g/mol. The van der Waals surface area contributed by atoms with Gasteiger partial charge in [0.1, 0.15) is 5.52 Å². The van der Waals surface area contributed by atoms with Gasteiger partial charge in [-0.3, -0.25) is 9.59 Å². The summed E-state index contributed by atoms with van der Waals surface area (Å²) in [5, 5.41) is 11.9. The second kappa shape index (κ2) is 8.83. The Labute approximate surface area is 180 Å². The molecule has 1 N–H and O–H groups in total. The molecule has 0 unspecified atom stereocenters. The van der Waals surface area contributed by atoms with Crippen LogP contribution in [0.4, 0.5) is 0 Å². The number of benzene rings is 2. The lowest BCUT2D eigenvalue weighted by Crippen LogP contribution is -2.42. The molecule has 1 aromatic heterocycles. The summed E-state index contributed by atoms with van der Waals surface area (Å²) in [6.07, 6.45) is 1.32. The number of hydrogen-bond acceptors (Lipinski definition) is 4. The molecular formula is C22H24ClN5O2. The Morgan fingerprint density at radius 1 is 1.13 bits per heavy atom. The Balaban J connectivity index is 1.31. The fourth-order valence-corrected chi connectivity index (χ4v) is 3.93. The second-order valence-corrected chi connectivity index (χ2v) is 7.96. The van der Waals surface area contributed by atoms with E-state index in [1.165, 1.54) is 0 Å². The predicted octanol–water partition coefficient (Wildman–Crippen LogP) is 3.27. The van der Waals surface area contributed by atoms with E-state index in [0.29, 0.717) is 43.1 Å². The Hall–Kier alpha value is -2.93. The molecule has 2 aromatic carbocycles. The third-order valence-corrected chi connectivity index (χ3v) is 5.85. The summed E-state index contributed by atoms with van der Waals surface area (Å²) in [5.74, 6) is -0.0640. The van der Waals surface area contributed by atoms with Gasteiger partial charge < -0.3 is 10.2 Å². The van der Waals surface area contributed by atoms with E-state index in [9.17, 15) is 9.59 Å². The molecule has 0 saturated carbocycles. The number of carbonyl (C=O) groups excluding carboxylic acids is 2. The van der Waals surface area contributed by atoms with Crippen LogP contribution in [0.3, 0.4) is 0 Å². The van der Waals surface area contributed by atoms with Crippen molar-refractivity contribution in [1.29, 1.82) is 0 Å². The number of nitrogens with one attached hydrogen (secondary N) is 1. The zero-order chi connectivity index (χ0) is 21.1. The maximum Gasteiger partial charge on any atom is 0.253 e. The van der Waals surface area contributed by atoms with Crippen LogP contribution < -0.4 is 5.32 Å². The summed E-state index contributed by atoms with van der Waals surface area (Å²) >= 11 is 5.89. The summed E-state index contributed by atoms with van der Waals surface area (Å²) in [6, 6.07) is 12.9. The SMILES string of the molecule is CCn1nnc2cc(C(=O)N3CCC(C(=O)NCc4ccc(Cl)cc4)CC3)ccc21. The van der Waals surface area contributed by atoms with Crippen LogP contribution >= 0.6 is 11.6 Å². The minimum Gasteiger partial charge on any atom is -0.352 e. The van der Waals surface area contributed by atoms with Gasteiger partial charge in [-0.25, -0.2) is 4.68 Å². The fourth-order valence-electron chi connectivity index (χ4n) is 3.80. The smallest absolute Gasteiger partial charge is 0.253 e. The summed E-state index contributed by atoms with van der Waals surface area (Å²) in [5.41, 5.74) is 3.26. The van der Waals surface area contributed by atoms with Crippen molar-refractivity contribution in [3.05, 3.63) is 58.6 Å². The van der Waals surface area contributed by atoms with Gasteiger partial charge in [0, 0.05) is 42.7 Å². The van der Waals surface area contributed by atoms with E-state index in [0.717, 1.165) is 23.1 Å². The first-order valence-corrected chi connectivity index (χ1v) is 10.6. The molecule has 0 radical (unpaired) electrons. The van der Waals surface area contributed by atoms with Gasteiger partial charge in [0.05, 0.1) is 5.52 Å². The molecule has 1 aliphatic heterocycles. The van der Waals surface area contributed by atoms with E-state index < -0.39 is 0 Å². The number of likely N-dealkylation sites (tertiary alicyclic amines) is 1. The van der Waals surface area contributed by atoms with E-state index in [-0.39, 0.29) is 17.7 Å². The zero-order valence-electron chi connectivity index (χ0n) is 16.8. The van der Waals surface area contributed by atoms with Crippen molar-refractivity contribution in [1.82, 2.24) is 25.2 Å². The monoisotopic (exact) mass is 425 g/mol. The van der Waals surface area contributed by atoms with Crippen molar-refractivity contribution in [3.63, 3.8) is 0 Å². The van der Waals surface area contributed by atoms with Crippen LogP contribution in [-0.4, -0.2) is 44.8 Å². The Kier molecular flexibility index (Phi) is 5.99. The quantitative estimate of drug-likeness (QED) is 0.680. The molecule has 4 rings (SSSR count). The van der Waals surface area contributed by atoms with Crippen molar-refractivity contribution >= 4 is 34.4 Å². The zero-order valence-corrected chi connectivity index (χ0v) is 17.6.